The predicted octanol–water partition coefficient (Wildman–Crippen LogP) is 0.895. The van der Waals surface area contributed by atoms with Gasteiger partial charge in [0.05, 0.1) is 0 Å². The number of hydrogen-bond donors (Lipinski definition) is 3. The highest BCUT2D eigenvalue weighted by molar-refractivity contribution is 5.87. The largest absolute Gasteiger partial charge is 0.506 e. The van der Waals surface area contributed by atoms with E-state index in [0.29, 0.717) is 5.52 Å². The van der Waals surface area contributed by atoms with Gasteiger partial charge in [0.1, 0.15) is 17.3 Å². The number of carboxylic acids is 1. The highest BCUT2D eigenvalue weighted by Gasteiger charge is 2.14. The lowest BCUT2D eigenvalue weighted by molar-refractivity contribution is -0.138. The average Bonchev–Trinajstić information content (AvgIpc) is 2.33. The van der Waals surface area contributed by atoms with E-state index in [1.165, 1.54) is 6.07 Å². The SMILES string of the molecule is N[C@@H](Cc1ccc(O)c2ncccc12)C(=O)O. The summed E-state index contributed by atoms with van der Waals surface area (Å²) in [5, 5.41) is 19.1. The normalized spacial score (nSPS) is 12.5. The van der Waals surface area contributed by atoms with Crippen molar-refractivity contribution in [3.05, 3.63) is 36.0 Å². The van der Waals surface area contributed by atoms with Gasteiger partial charge >= 0.3 is 5.97 Å². The molecule has 0 unspecified atom stereocenters. The quantitative estimate of drug-likeness (QED) is 0.730. The predicted molar refractivity (Wildman–Crippen MR) is 62.7 cm³/mol. The minimum Gasteiger partial charge on any atom is -0.506 e. The number of nitrogens with zero attached hydrogens (tertiary/aromatic N) is 1. The maximum absolute atomic E-state index is 10.7. The van der Waals surface area contributed by atoms with Crippen LogP contribution in [-0.4, -0.2) is 27.2 Å². The number of carbonyl (C=O) groups is 1. The summed E-state index contributed by atoms with van der Waals surface area (Å²) in [5.41, 5.74) is 6.72. The standard InChI is InChI=1S/C12H12N2O3/c13-9(12(16)17)6-7-3-4-10(15)11-8(7)2-1-5-14-11/h1-5,9,15H,6,13H2,(H,16,17)/t9-/m0/s1. The van der Waals surface area contributed by atoms with Crippen molar-refractivity contribution in [2.24, 2.45) is 5.73 Å². The van der Waals surface area contributed by atoms with Crippen molar-refractivity contribution in [1.82, 2.24) is 4.98 Å². The first-order valence-electron chi connectivity index (χ1n) is 5.13. The summed E-state index contributed by atoms with van der Waals surface area (Å²) in [5.74, 6) is -0.969. The highest BCUT2D eigenvalue weighted by atomic mass is 16.4. The summed E-state index contributed by atoms with van der Waals surface area (Å²) in [6, 6.07) is 5.73. The molecule has 0 saturated heterocycles. The molecule has 0 saturated carbocycles. The van der Waals surface area contributed by atoms with Crippen molar-refractivity contribution in [2.75, 3.05) is 0 Å². The molecule has 88 valence electrons. The van der Waals surface area contributed by atoms with Crippen LogP contribution in [0.4, 0.5) is 0 Å². The molecular weight excluding hydrogens is 220 g/mol. The number of aromatic nitrogens is 1. The van der Waals surface area contributed by atoms with Crippen LogP contribution in [0.2, 0.25) is 0 Å². The van der Waals surface area contributed by atoms with Crippen molar-refractivity contribution in [3.8, 4) is 5.75 Å². The molecule has 1 aromatic heterocycles. The molecule has 0 aliphatic rings. The van der Waals surface area contributed by atoms with Gasteiger partial charge in [-0.2, -0.15) is 0 Å². The Morgan fingerprint density at radius 3 is 2.88 bits per heavy atom. The van der Waals surface area contributed by atoms with Gasteiger partial charge in [-0.05, 0) is 24.1 Å². The number of rotatable bonds is 3. The van der Waals surface area contributed by atoms with E-state index in [-0.39, 0.29) is 12.2 Å². The van der Waals surface area contributed by atoms with E-state index in [4.69, 9.17) is 10.8 Å². The van der Waals surface area contributed by atoms with Crippen molar-refractivity contribution in [1.29, 1.82) is 0 Å². The molecule has 5 heteroatoms. The van der Waals surface area contributed by atoms with Gasteiger partial charge in [-0.15, -0.1) is 0 Å². The molecule has 0 radical (unpaired) electrons. The summed E-state index contributed by atoms with van der Waals surface area (Å²) in [6.45, 7) is 0. The fourth-order valence-corrected chi connectivity index (χ4v) is 1.72. The fraction of sp³-hybridized carbons (Fsp3) is 0.167. The number of aromatic hydroxyl groups is 1. The maximum atomic E-state index is 10.7. The average molecular weight is 232 g/mol. The second-order valence-electron chi connectivity index (χ2n) is 3.79. The molecule has 0 amide bonds. The van der Waals surface area contributed by atoms with Gasteiger partial charge in [0.25, 0.3) is 0 Å². The third-order valence-corrected chi connectivity index (χ3v) is 2.60. The molecule has 1 heterocycles. The van der Waals surface area contributed by atoms with Gasteiger partial charge in [0.15, 0.2) is 0 Å². The number of nitrogens with two attached hydrogens (primary N) is 1. The number of pyridine rings is 1. The van der Waals surface area contributed by atoms with Crippen LogP contribution in [0.5, 0.6) is 5.75 Å². The van der Waals surface area contributed by atoms with Gasteiger partial charge < -0.3 is 15.9 Å². The van der Waals surface area contributed by atoms with Gasteiger partial charge in [-0.3, -0.25) is 9.78 Å². The Kier molecular flexibility index (Phi) is 2.93. The molecule has 17 heavy (non-hydrogen) atoms. The zero-order valence-corrected chi connectivity index (χ0v) is 9.00. The Bertz CT molecular complexity index is 569. The molecule has 0 spiro atoms. The first-order valence-corrected chi connectivity index (χ1v) is 5.13. The van der Waals surface area contributed by atoms with E-state index >= 15 is 0 Å². The summed E-state index contributed by atoms with van der Waals surface area (Å²) < 4.78 is 0. The Balaban J connectivity index is 2.48. The smallest absolute Gasteiger partial charge is 0.320 e. The van der Waals surface area contributed by atoms with Crippen molar-refractivity contribution in [2.45, 2.75) is 12.5 Å². The number of fused-ring (bicyclic) bond motifs is 1. The minimum atomic E-state index is -1.05. The third kappa shape index (κ3) is 2.19. The van der Waals surface area contributed by atoms with E-state index in [9.17, 15) is 9.90 Å². The monoisotopic (exact) mass is 232 g/mol. The second-order valence-corrected chi connectivity index (χ2v) is 3.79. The van der Waals surface area contributed by atoms with Crippen molar-refractivity contribution >= 4 is 16.9 Å². The van der Waals surface area contributed by atoms with Gasteiger partial charge in [-0.1, -0.05) is 12.1 Å². The van der Waals surface area contributed by atoms with E-state index in [2.05, 4.69) is 4.98 Å². The zero-order chi connectivity index (χ0) is 12.4. The maximum Gasteiger partial charge on any atom is 0.320 e. The first-order chi connectivity index (χ1) is 8.09. The first kappa shape index (κ1) is 11.3. The van der Waals surface area contributed by atoms with Crippen LogP contribution in [0, 0.1) is 0 Å². The van der Waals surface area contributed by atoms with E-state index in [1.807, 2.05) is 0 Å². The Labute approximate surface area is 97.5 Å². The Morgan fingerprint density at radius 1 is 1.41 bits per heavy atom. The van der Waals surface area contributed by atoms with Gasteiger partial charge in [-0.25, -0.2) is 0 Å². The molecule has 0 aliphatic carbocycles. The Hall–Kier alpha value is -2.14. The summed E-state index contributed by atoms with van der Waals surface area (Å²) in [7, 11) is 0. The third-order valence-electron chi connectivity index (χ3n) is 2.60. The van der Waals surface area contributed by atoms with E-state index in [0.717, 1.165) is 10.9 Å². The molecular formula is C12H12N2O3. The second kappa shape index (κ2) is 4.39. The van der Waals surface area contributed by atoms with Crippen LogP contribution in [0.3, 0.4) is 0 Å². The summed E-state index contributed by atoms with van der Waals surface area (Å²) >= 11 is 0. The molecule has 0 bridgehead atoms. The summed E-state index contributed by atoms with van der Waals surface area (Å²) in [6.07, 6.45) is 1.78. The molecule has 1 atom stereocenters. The lowest BCUT2D eigenvalue weighted by Crippen LogP contribution is -2.32. The molecule has 2 aromatic rings. The molecule has 0 aliphatic heterocycles. The van der Waals surface area contributed by atoms with Crippen LogP contribution in [0.15, 0.2) is 30.5 Å². The van der Waals surface area contributed by atoms with Gasteiger partial charge in [0.2, 0.25) is 0 Å². The number of carboxylic acid groups (broad SMARTS) is 1. The number of aliphatic carboxylic acids is 1. The van der Waals surface area contributed by atoms with Crippen molar-refractivity contribution < 1.29 is 15.0 Å². The fourth-order valence-electron chi connectivity index (χ4n) is 1.72. The molecule has 1 aromatic carbocycles. The van der Waals surface area contributed by atoms with Crippen LogP contribution >= 0.6 is 0 Å². The van der Waals surface area contributed by atoms with E-state index in [1.54, 1.807) is 24.4 Å². The number of phenolic OH excluding ortho intramolecular Hbond substituents is 1. The molecule has 2 rings (SSSR count). The number of phenols is 1. The molecule has 5 nitrogen and oxygen atoms in total. The van der Waals surface area contributed by atoms with Crippen LogP contribution < -0.4 is 5.73 Å². The van der Waals surface area contributed by atoms with Crippen LogP contribution in [0.25, 0.3) is 10.9 Å². The molecule has 4 N–H and O–H groups in total. The number of hydrogen-bond acceptors (Lipinski definition) is 4. The molecule has 0 fully saturated rings. The van der Waals surface area contributed by atoms with Crippen LogP contribution in [0.1, 0.15) is 5.56 Å². The number of benzene rings is 1. The summed E-state index contributed by atoms with van der Waals surface area (Å²) in [4.78, 5) is 14.8. The van der Waals surface area contributed by atoms with E-state index < -0.39 is 12.0 Å². The Morgan fingerprint density at radius 2 is 2.18 bits per heavy atom. The minimum absolute atomic E-state index is 0.0771. The van der Waals surface area contributed by atoms with Crippen LogP contribution in [-0.2, 0) is 11.2 Å². The topological polar surface area (TPSA) is 96.4 Å². The zero-order valence-electron chi connectivity index (χ0n) is 9.00. The van der Waals surface area contributed by atoms with Crippen molar-refractivity contribution in [3.63, 3.8) is 0 Å². The highest BCUT2D eigenvalue weighted by Crippen LogP contribution is 2.25. The lowest BCUT2D eigenvalue weighted by atomic mass is 10.0. The van der Waals surface area contributed by atoms with Gasteiger partial charge in [0, 0.05) is 11.6 Å². The lowest BCUT2D eigenvalue weighted by Gasteiger charge is -2.10.